The van der Waals surface area contributed by atoms with Crippen molar-refractivity contribution >= 4 is 18.3 Å². The summed E-state index contributed by atoms with van der Waals surface area (Å²) < 4.78 is 40.1. The Balaban J connectivity index is 0.00000261. The number of benzene rings is 1. The fraction of sp³-hybridized carbons (Fsp3) is 0.444. The number of nitrogens with one attached hydrogen (secondary N) is 2. The van der Waals surface area contributed by atoms with E-state index in [1.807, 2.05) is 0 Å². The van der Waals surface area contributed by atoms with Crippen LogP contribution < -0.4 is 10.6 Å². The maximum Gasteiger partial charge on any atom is 0.416 e. The fourth-order valence-electron chi connectivity index (χ4n) is 3.14. The molecule has 0 aliphatic carbocycles. The van der Waals surface area contributed by atoms with Crippen LogP contribution in [0.25, 0.3) is 5.69 Å². The van der Waals surface area contributed by atoms with Crippen LogP contribution in [0.1, 0.15) is 35.0 Å². The van der Waals surface area contributed by atoms with Gasteiger partial charge in [-0.25, -0.2) is 4.68 Å². The summed E-state index contributed by atoms with van der Waals surface area (Å²) in [5, 5.41) is 10.4. The molecule has 0 spiro atoms. The van der Waals surface area contributed by atoms with E-state index >= 15 is 0 Å². The lowest BCUT2D eigenvalue weighted by atomic mass is 9.94. The van der Waals surface area contributed by atoms with Gasteiger partial charge >= 0.3 is 6.18 Å². The Morgan fingerprint density at radius 2 is 2.11 bits per heavy atom. The second kappa shape index (κ2) is 8.31. The molecule has 1 aromatic carbocycles. The lowest BCUT2D eigenvalue weighted by molar-refractivity contribution is -0.137. The van der Waals surface area contributed by atoms with Crippen molar-refractivity contribution in [3.63, 3.8) is 0 Å². The van der Waals surface area contributed by atoms with Crippen molar-refractivity contribution in [2.45, 2.75) is 32.5 Å². The summed E-state index contributed by atoms with van der Waals surface area (Å²) in [7, 11) is 0. The zero-order valence-corrected chi connectivity index (χ0v) is 15.8. The quantitative estimate of drug-likeness (QED) is 0.827. The highest BCUT2D eigenvalue weighted by atomic mass is 35.5. The molecule has 3 rings (SSSR count). The molecule has 1 saturated heterocycles. The molecule has 1 aromatic heterocycles. The highest BCUT2D eigenvalue weighted by Gasteiger charge is 2.31. The van der Waals surface area contributed by atoms with Gasteiger partial charge in [0, 0.05) is 12.6 Å². The summed E-state index contributed by atoms with van der Waals surface area (Å²) in [5.74, 6) is 0.0975. The summed E-state index contributed by atoms with van der Waals surface area (Å²) in [6, 6.07) is 4.91. The van der Waals surface area contributed by atoms with E-state index in [1.54, 1.807) is 6.92 Å². The smallest absolute Gasteiger partial charge is 0.348 e. The molecule has 1 aliphatic rings. The van der Waals surface area contributed by atoms with Gasteiger partial charge in [-0.05, 0) is 44.0 Å². The lowest BCUT2D eigenvalue weighted by Gasteiger charge is -2.30. The van der Waals surface area contributed by atoms with Crippen molar-refractivity contribution in [3.8, 4) is 5.69 Å². The number of piperidine rings is 1. The lowest BCUT2D eigenvalue weighted by Crippen LogP contribution is -2.50. The SMILES string of the molecule is Cc1c(C(=O)NC2CNCCC2C)cnn1-c1cccc(C(F)(F)F)c1.Cl. The third-order valence-corrected chi connectivity index (χ3v) is 4.82. The van der Waals surface area contributed by atoms with Crippen LogP contribution >= 0.6 is 12.4 Å². The zero-order chi connectivity index (χ0) is 18.9. The fourth-order valence-corrected chi connectivity index (χ4v) is 3.14. The van der Waals surface area contributed by atoms with Crippen molar-refractivity contribution < 1.29 is 18.0 Å². The van der Waals surface area contributed by atoms with Crippen molar-refractivity contribution in [2.75, 3.05) is 13.1 Å². The van der Waals surface area contributed by atoms with Crippen molar-refractivity contribution in [1.29, 1.82) is 0 Å². The number of hydrogen-bond donors (Lipinski definition) is 2. The molecule has 0 radical (unpaired) electrons. The number of carbonyl (C=O) groups is 1. The summed E-state index contributed by atoms with van der Waals surface area (Å²) in [4.78, 5) is 12.6. The summed E-state index contributed by atoms with van der Waals surface area (Å²) in [5.41, 5.74) is 0.375. The van der Waals surface area contributed by atoms with E-state index in [2.05, 4.69) is 22.7 Å². The first-order valence-electron chi connectivity index (χ1n) is 8.51. The number of nitrogens with zero attached hydrogens (tertiary/aromatic N) is 2. The predicted molar refractivity (Wildman–Crippen MR) is 98.5 cm³/mol. The Morgan fingerprint density at radius 3 is 2.78 bits per heavy atom. The minimum absolute atomic E-state index is 0. The van der Waals surface area contributed by atoms with Crippen molar-refractivity contribution in [2.24, 2.45) is 5.92 Å². The van der Waals surface area contributed by atoms with Crippen LogP contribution in [-0.2, 0) is 6.18 Å². The van der Waals surface area contributed by atoms with E-state index in [-0.39, 0.29) is 30.0 Å². The van der Waals surface area contributed by atoms with Gasteiger partial charge in [0.25, 0.3) is 5.91 Å². The van der Waals surface area contributed by atoms with Crippen molar-refractivity contribution in [1.82, 2.24) is 20.4 Å². The monoisotopic (exact) mass is 402 g/mol. The van der Waals surface area contributed by atoms with E-state index in [9.17, 15) is 18.0 Å². The van der Waals surface area contributed by atoms with E-state index in [0.29, 0.717) is 23.7 Å². The van der Waals surface area contributed by atoms with E-state index in [0.717, 1.165) is 25.1 Å². The topological polar surface area (TPSA) is 59.0 Å². The van der Waals surface area contributed by atoms with E-state index < -0.39 is 11.7 Å². The molecule has 1 amide bonds. The van der Waals surface area contributed by atoms with Crippen LogP contribution in [0.4, 0.5) is 13.2 Å². The second-order valence-corrected chi connectivity index (χ2v) is 6.65. The summed E-state index contributed by atoms with van der Waals surface area (Å²) >= 11 is 0. The minimum atomic E-state index is -4.43. The Morgan fingerprint density at radius 1 is 1.37 bits per heavy atom. The normalized spacial score (nSPS) is 20.0. The Hall–Kier alpha value is -2.06. The zero-order valence-electron chi connectivity index (χ0n) is 15.0. The number of alkyl halides is 3. The molecule has 1 fully saturated rings. The molecule has 2 heterocycles. The van der Waals surface area contributed by atoms with Gasteiger partial charge in [-0.2, -0.15) is 18.3 Å². The van der Waals surface area contributed by atoms with Gasteiger partial charge in [-0.3, -0.25) is 4.79 Å². The molecular weight excluding hydrogens is 381 g/mol. The molecule has 9 heteroatoms. The molecule has 0 saturated carbocycles. The summed E-state index contributed by atoms with van der Waals surface area (Å²) in [6.45, 7) is 5.39. The molecule has 1 aliphatic heterocycles. The van der Waals surface area contributed by atoms with Crippen LogP contribution in [-0.4, -0.2) is 34.8 Å². The first-order valence-corrected chi connectivity index (χ1v) is 8.51. The van der Waals surface area contributed by atoms with Gasteiger partial charge in [0.05, 0.1) is 28.7 Å². The first kappa shape index (κ1) is 21.2. The van der Waals surface area contributed by atoms with E-state index in [1.165, 1.54) is 23.0 Å². The van der Waals surface area contributed by atoms with E-state index in [4.69, 9.17) is 0 Å². The third-order valence-electron chi connectivity index (χ3n) is 4.82. The van der Waals surface area contributed by atoms with Crippen molar-refractivity contribution in [3.05, 3.63) is 47.3 Å². The number of aromatic nitrogens is 2. The summed E-state index contributed by atoms with van der Waals surface area (Å²) in [6.07, 6.45) is -2.05. The molecule has 2 N–H and O–H groups in total. The first-order chi connectivity index (χ1) is 12.3. The molecular formula is C18H22ClF3N4O. The number of amides is 1. The average molecular weight is 403 g/mol. The predicted octanol–water partition coefficient (Wildman–Crippen LogP) is 3.35. The Kier molecular flexibility index (Phi) is 6.54. The highest BCUT2D eigenvalue weighted by molar-refractivity contribution is 5.95. The highest BCUT2D eigenvalue weighted by Crippen LogP contribution is 2.30. The maximum atomic E-state index is 12.9. The van der Waals surface area contributed by atoms with Gasteiger partial charge in [-0.15, -0.1) is 12.4 Å². The Labute approximate surface area is 161 Å². The largest absolute Gasteiger partial charge is 0.416 e. The number of halogens is 4. The molecule has 2 unspecified atom stereocenters. The molecule has 5 nitrogen and oxygen atoms in total. The van der Waals surface area contributed by atoms with Gasteiger partial charge in [0.2, 0.25) is 0 Å². The van der Waals surface area contributed by atoms with Gasteiger partial charge in [0.15, 0.2) is 0 Å². The van der Waals surface area contributed by atoms with Crippen LogP contribution in [0, 0.1) is 12.8 Å². The third kappa shape index (κ3) is 4.62. The number of hydrogen-bond acceptors (Lipinski definition) is 3. The average Bonchev–Trinajstić information content (AvgIpc) is 2.98. The number of carbonyl (C=O) groups excluding carboxylic acids is 1. The van der Waals surface area contributed by atoms with Crippen LogP contribution in [0.15, 0.2) is 30.5 Å². The van der Waals surface area contributed by atoms with Gasteiger partial charge in [-0.1, -0.05) is 13.0 Å². The van der Waals surface area contributed by atoms with Crippen LogP contribution in [0.3, 0.4) is 0 Å². The minimum Gasteiger partial charge on any atom is -0.348 e. The molecule has 27 heavy (non-hydrogen) atoms. The van der Waals surface area contributed by atoms with Crippen LogP contribution in [0.2, 0.25) is 0 Å². The second-order valence-electron chi connectivity index (χ2n) is 6.65. The standard InChI is InChI=1S/C18H21F3N4O.ClH/c1-11-6-7-22-10-16(11)24-17(26)15-9-23-25(12(15)2)14-5-3-4-13(8-14)18(19,20)21;/h3-5,8-9,11,16,22H,6-7,10H2,1-2H3,(H,24,26);1H. The number of rotatable bonds is 3. The maximum absolute atomic E-state index is 12.9. The molecule has 148 valence electrons. The van der Waals surface area contributed by atoms with Gasteiger partial charge in [0.1, 0.15) is 0 Å². The Bertz CT molecular complexity index is 806. The van der Waals surface area contributed by atoms with Gasteiger partial charge < -0.3 is 10.6 Å². The molecule has 2 aromatic rings. The van der Waals surface area contributed by atoms with Crippen LogP contribution in [0.5, 0.6) is 0 Å². The molecule has 2 atom stereocenters. The molecule has 0 bridgehead atoms.